The SMILES string of the molecule is Cc1ncn(C(c2ccccc2)(c2ccccc2)c2ccccc2)c1C(O)c1cccc2cccnc12. The van der Waals surface area contributed by atoms with Crippen LogP contribution in [0.4, 0.5) is 0 Å². The first-order valence-corrected chi connectivity index (χ1v) is 12.4. The molecule has 37 heavy (non-hydrogen) atoms. The third kappa shape index (κ3) is 3.74. The highest BCUT2D eigenvalue weighted by molar-refractivity contribution is 5.82. The van der Waals surface area contributed by atoms with Gasteiger partial charge in [-0.3, -0.25) is 4.98 Å². The number of aliphatic hydroxyl groups is 1. The van der Waals surface area contributed by atoms with Gasteiger partial charge >= 0.3 is 0 Å². The second kappa shape index (κ2) is 9.49. The summed E-state index contributed by atoms with van der Waals surface area (Å²) < 4.78 is 2.15. The van der Waals surface area contributed by atoms with Gasteiger partial charge in [0.2, 0.25) is 0 Å². The number of hydrogen-bond donors (Lipinski definition) is 1. The molecule has 180 valence electrons. The minimum atomic E-state index is -0.934. The Balaban J connectivity index is 1.69. The Morgan fingerprint density at radius 3 is 1.76 bits per heavy atom. The molecule has 0 aliphatic rings. The number of fused-ring (bicyclic) bond motifs is 1. The Hall–Kier alpha value is -4.54. The summed E-state index contributed by atoms with van der Waals surface area (Å²) in [4.78, 5) is 9.39. The molecular formula is C33H27N3O. The predicted octanol–water partition coefficient (Wildman–Crippen LogP) is 6.66. The minimum absolute atomic E-state index is 0.731. The van der Waals surface area contributed by atoms with Crippen LogP contribution >= 0.6 is 0 Å². The second-order valence-corrected chi connectivity index (χ2v) is 9.22. The van der Waals surface area contributed by atoms with E-state index in [0.29, 0.717) is 0 Å². The molecule has 0 spiro atoms. The predicted molar refractivity (Wildman–Crippen MR) is 147 cm³/mol. The smallest absolute Gasteiger partial charge is 0.123 e. The van der Waals surface area contributed by atoms with E-state index in [9.17, 15) is 5.11 Å². The van der Waals surface area contributed by atoms with E-state index >= 15 is 0 Å². The van der Waals surface area contributed by atoms with Gasteiger partial charge in [-0.1, -0.05) is 115 Å². The maximum absolute atomic E-state index is 12.0. The van der Waals surface area contributed by atoms with Crippen LogP contribution in [-0.4, -0.2) is 19.6 Å². The van der Waals surface area contributed by atoms with Crippen LogP contribution in [0.15, 0.2) is 134 Å². The van der Waals surface area contributed by atoms with E-state index in [4.69, 9.17) is 4.98 Å². The van der Waals surface area contributed by atoms with Crippen LogP contribution in [0.3, 0.4) is 0 Å². The van der Waals surface area contributed by atoms with Gasteiger partial charge in [0, 0.05) is 17.1 Å². The number of nitrogens with zero attached hydrogens (tertiary/aromatic N) is 3. The van der Waals surface area contributed by atoms with Gasteiger partial charge in [0.1, 0.15) is 11.6 Å². The summed E-state index contributed by atoms with van der Waals surface area (Å²) in [6.07, 6.45) is 2.70. The molecule has 0 aliphatic carbocycles. The zero-order chi connectivity index (χ0) is 25.2. The molecule has 4 nitrogen and oxygen atoms in total. The monoisotopic (exact) mass is 481 g/mol. The summed E-state index contributed by atoms with van der Waals surface area (Å²) in [5, 5.41) is 13.0. The lowest BCUT2D eigenvalue weighted by Gasteiger charge is -2.39. The lowest BCUT2D eigenvalue weighted by atomic mass is 9.76. The topological polar surface area (TPSA) is 50.9 Å². The molecule has 2 heterocycles. The summed E-state index contributed by atoms with van der Waals surface area (Å²) in [6, 6.07) is 41.2. The van der Waals surface area contributed by atoms with Crippen LogP contribution < -0.4 is 0 Å². The van der Waals surface area contributed by atoms with Gasteiger partial charge in [-0.15, -0.1) is 0 Å². The first-order chi connectivity index (χ1) is 18.2. The van der Waals surface area contributed by atoms with Crippen molar-refractivity contribution in [1.82, 2.24) is 14.5 Å². The summed E-state index contributed by atoms with van der Waals surface area (Å²) in [5.41, 5.74) is 5.51. The van der Waals surface area contributed by atoms with Crippen LogP contribution in [0, 0.1) is 6.92 Å². The molecule has 0 bridgehead atoms. The summed E-state index contributed by atoms with van der Waals surface area (Å²) in [5.74, 6) is 0. The molecule has 4 aromatic carbocycles. The Morgan fingerprint density at radius 2 is 1.19 bits per heavy atom. The van der Waals surface area contributed by atoms with E-state index in [1.54, 1.807) is 6.20 Å². The summed E-state index contributed by atoms with van der Waals surface area (Å²) in [6.45, 7) is 1.96. The van der Waals surface area contributed by atoms with Crippen molar-refractivity contribution >= 4 is 10.9 Å². The molecule has 4 heteroatoms. The molecule has 6 rings (SSSR count). The number of aromatic nitrogens is 3. The van der Waals surface area contributed by atoms with Crippen molar-refractivity contribution in [2.45, 2.75) is 18.6 Å². The van der Waals surface area contributed by atoms with Crippen molar-refractivity contribution in [3.8, 4) is 0 Å². The van der Waals surface area contributed by atoms with Crippen LogP contribution in [0.1, 0.15) is 39.7 Å². The zero-order valence-electron chi connectivity index (χ0n) is 20.6. The molecule has 0 radical (unpaired) electrons. The van der Waals surface area contributed by atoms with Crippen LogP contribution in [-0.2, 0) is 5.54 Å². The van der Waals surface area contributed by atoms with Crippen molar-refractivity contribution < 1.29 is 5.11 Å². The molecule has 0 amide bonds. The van der Waals surface area contributed by atoms with Gasteiger partial charge in [0.15, 0.2) is 0 Å². The number of pyridine rings is 1. The second-order valence-electron chi connectivity index (χ2n) is 9.22. The number of imidazole rings is 1. The zero-order valence-corrected chi connectivity index (χ0v) is 20.6. The number of rotatable bonds is 6. The largest absolute Gasteiger partial charge is 0.382 e. The molecule has 0 saturated carbocycles. The van der Waals surface area contributed by atoms with Crippen molar-refractivity contribution in [2.75, 3.05) is 0 Å². The molecule has 0 aliphatic heterocycles. The van der Waals surface area contributed by atoms with Gasteiger partial charge in [-0.2, -0.15) is 0 Å². The Morgan fingerprint density at radius 1 is 0.649 bits per heavy atom. The first-order valence-electron chi connectivity index (χ1n) is 12.4. The molecule has 1 atom stereocenters. The van der Waals surface area contributed by atoms with E-state index < -0.39 is 11.6 Å². The molecule has 1 unspecified atom stereocenters. The number of aliphatic hydroxyl groups excluding tert-OH is 1. The molecule has 0 saturated heterocycles. The van der Waals surface area contributed by atoms with Gasteiger partial charge in [-0.05, 0) is 29.7 Å². The van der Waals surface area contributed by atoms with Crippen molar-refractivity contribution in [3.05, 3.63) is 167 Å². The average molecular weight is 482 g/mol. The average Bonchev–Trinajstić information content (AvgIpc) is 3.36. The van der Waals surface area contributed by atoms with Crippen LogP contribution in [0.25, 0.3) is 10.9 Å². The van der Waals surface area contributed by atoms with Crippen LogP contribution in [0.5, 0.6) is 0 Å². The Bertz CT molecular complexity index is 1540. The lowest BCUT2D eigenvalue weighted by molar-refractivity contribution is 0.206. The standard InChI is InChI=1S/C33H27N3O/c1-24-31(32(37)29-21-11-13-25-14-12-22-34-30(25)29)36(23-35-24)33(26-15-5-2-6-16-26,27-17-7-3-8-18-27)28-19-9-4-10-20-28/h2-23,32,37H,1H3. The van der Waals surface area contributed by atoms with Gasteiger partial charge in [-0.25, -0.2) is 4.98 Å². The molecule has 6 aromatic rings. The molecule has 2 aromatic heterocycles. The quantitative estimate of drug-likeness (QED) is 0.271. The Kier molecular flexibility index (Phi) is 5.87. The van der Waals surface area contributed by atoms with Crippen molar-refractivity contribution in [1.29, 1.82) is 0 Å². The van der Waals surface area contributed by atoms with E-state index in [0.717, 1.165) is 44.5 Å². The number of para-hydroxylation sites is 1. The van der Waals surface area contributed by atoms with Gasteiger partial charge in [0.25, 0.3) is 0 Å². The third-order valence-electron chi connectivity index (χ3n) is 7.15. The molecular weight excluding hydrogens is 454 g/mol. The maximum atomic E-state index is 12.0. The molecule has 0 fully saturated rings. The van der Waals surface area contributed by atoms with Crippen LogP contribution in [0.2, 0.25) is 0 Å². The van der Waals surface area contributed by atoms with E-state index in [1.807, 2.05) is 61.8 Å². The number of aryl methyl sites for hydroxylation is 1. The highest BCUT2D eigenvalue weighted by Crippen LogP contribution is 2.44. The normalized spacial score (nSPS) is 12.5. The minimum Gasteiger partial charge on any atom is -0.382 e. The fourth-order valence-electron chi connectivity index (χ4n) is 5.49. The third-order valence-corrected chi connectivity index (χ3v) is 7.15. The molecule has 1 N–H and O–H groups in total. The number of hydrogen-bond acceptors (Lipinski definition) is 3. The summed E-state index contributed by atoms with van der Waals surface area (Å²) >= 11 is 0. The van der Waals surface area contributed by atoms with Gasteiger partial charge < -0.3 is 9.67 Å². The lowest BCUT2D eigenvalue weighted by Crippen LogP contribution is -2.39. The number of benzene rings is 4. The van der Waals surface area contributed by atoms with Gasteiger partial charge in [0.05, 0.1) is 23.2 Å². The fraction of sp³-hybridized carbons (Fsp3) is 0.0909. The highest BCUT2D eigenvalue weighted by atomic mass is 16.3. The van der Waals surface area contributed by atoms with E-state index in [-0.39, 0.29) is 0 Å². The first kappa shape index (κ1) is 22.9. The van der Waals surface area contributed by atoms with E-state index in [1.165, 1.54) is 0 Å². The summed E-state index contributed by atoms with van der Waals surface area (Å²) in [7, 11) is 0. The van der Waals surface area contributed by atoms with Crippen molar-refractivity contribution in [2.24, 2.45) is 0 Å². The fourth-order valence-corrected chi connectivity index (χ4v) is 5.49. The van der Waals surface area contributed by atoms with Crippen molar-refractivity contribution in [3.63, 3.8) is 0 Å². The highest BCUT2D eigenvalue weighted by Gasteiger charge is 2.41. The Labute approximate surface area is 216 Å². The van der Waals surface area contributed by atoms with E-state index in [2.05, 4.69) is 82.3 Å². The maximum Gasteiger partial charge on any atom is 0.123 e.